The highest BCUT2D eigenvalue weighted by Gasteiger charge is 2.55. The highest BCUT2D eigenvalue weighted by molar-refractivity contribution is 6.31. The molecule has 5 aliphatic rings. The van der Waals surface area contributed by atoms with Crippen LogP contribution < -0.4 is 10.1 Å². The first kappa shape index (κ1) is 32.6. The second-order valence-corrected chi connectivity index (χ2v) is 13.3. The number of phenols is 2. The topological polar surface area (TPSA) is 190 Å². The number of carbonyl (C=O) groups is 4. The summed E-state index contributed by atoms with van der Waals surface area (Å²) in [5.41, 5.74) is -3.18. The molecule has 1 amide bonds. The molecule has 14 heteroatoms. The van der Waals surface area contributed by atoms with Crippen molar-refractivity contribution >= 4 is 23.8 Å². The molecular weight excluding hydrogens is 628 g/mol. The van der Waals surface area contributed by atoms with Crippen molar-refractivity contribution in [3.63, 3.8) is 0 Å². The van der Waals surface area contributed by atoms with E-state index in [4.69, 9.17) is 23.7 Å². The molecule has 0 saturated carbocycles. The number of hydrogen-bond donors (Lipinski definition) is 4. The summed E-state index contributed by atoms with van der Waals surface area (Å²) in [6.45, 7) is 6.11. The standard InChI is InChI=1S/C34H38N2O12/c1-14(2)35-33(42)34(43)11-17-24(30(41)26-25(28(17)39)27(38)16-6-5-7-19(44-4)23(16)29(26)40)20(12-34)47-22-10-18-31(15(3)46-22)48-32-21(13-37)45-9-8-36(18)32/h5-7,13-15,18,20-22,31-32,39,41,43H,8-12H2,1-4H3,(H,35,42)/t15-,18?,20-,21+,22-,31+,32+,34-/m0/s1. The van der Waals surface area contributed by atoms with Crippen LogP contribution in [0.4, 0.5) is 0 Å². The molecule has 8 atom stereocenters. The van der Waals surface area contributed by atoms with Crippen LogP contribution in [0.2, 0.25) is 0 Å². The summed E-state index contributed by atoms with van der Waals surface area (Å²) in [5, 5.41) is 38.1. The van der Waals surface area contributed by atoms with Crippen molar-refractivity contribution in [2.45, 2.75) is 94.7 Å². The van der Waals surface area contributed by atoms with Crippen LogP contribution in [0, 0.1) is 0 Å². The number of methoxy groups -OCH3 is 1. The van der Waals surface area contributed by atoms with Gasteiger partial charge in [-0.1, -0.05) is 12.1 Å². The summed E-state index contributed by atoms with van der Waals surface area (Å²) in [4.78, 5) is 54.9. The lowest BCUT2D eigenvalue weighted by Gasteiger charge is -2.43. The average molecular weight is 667 g/mol. The molecule has 3 aliphatic heterocycles. The van der Waals surface area contributed by atoms with E-state index in [0.717, 1.165) is 0 Å². The van der Waals surface area contributed by atoms with E-state index >= 15 is 0 Å². The van der Waals surface area contributed by atoms with Crippen molar-refractivity contribution in [1.82, 2.24) is 10.2 Å². The summed E-state index contributed by atoms with van der Waals surface area (Å²) in [6, 6.07) is 3.91. The van der Waals surface area contributed by atoms with E-state index in [9.17, 15) is 34.5 Å². The van der Waals surface area contributed by atoms with Gasteiger partial charge in [-0.15, -0.1) is 0 Å². The number of aldehydes is 1. The van der Waals surface area contributed by atoms with Crippen molar-refractivity contribution in [3.8, 4) is 17.2 Å². The van der Waals surface area contributed by atoms with Crippen LogP contribution in [0.15, 0.2) is 18.2 Å². The van der Waals surface area contributed by atoms with Crippen LogP contribution in [0.3, 0.4) is 0 Å². The van der Waals surface area contributed by atoms with Crippen LogP contribution >= 0.6 is 0 Å². The van der Waals surface area contributed by atoms with Gasteiger partial charge in [-0.05, 0) is 26.8 Å². The monoisotopic (exact) mass is 666 g/mol. The normalized spacial score (nSPS) is 32.5. The Kier molecular flexibility index (Phi) is 8.08. The zero-order valence-corrected chi connectivity index (χ0v) is 26.9. The number of benzene rings is 2. The Bertz CT molecular complexity index is 1710. The van der Waals surface area contributed by atoms with Gasteiger partial charge in [0.1, 0.15) is 35.2 Å². The largest absolute Gasteiger partial charge is 0.507 e. The predicted octanol–water partition coefficient (Wildman–Crippen LogP) is 1.27. The number of phenolic OH excluding ortho intramolecular Hbond substituents is 2. The van der Waals surface area contributed by atoms with Gasteiger partial charge in [0.25, 0.3) is 5.91 Å². The Labute approximate surface area is 275 Å². The number of aromatic hydroxyl groups is 2. The second-order valence-electron chi connectivity index (χ2n) is 13.3. The summed E-state index contributed by atoms with van der Waals surface area (Å²) >= 11 is 0. The third-order valence-corrected chi connectivity index (χ3v) is 10.0. The molecular formula is C34H38N2O12. The number of nitrogens with zero attached hydrogens (tertiary/aromatic N) is 1. The van der Waals surface area contributed by atoms with Crippen molar-refractivity contribution in [1.29, 1.82) is 0 Å². The highest BCUT2D eigenvalue weighted by Crippen LogP contribution is 2.53. The zero-order valence-electron chi connectivity index (χ0n) is 26.9. The quantitative estimate of drug-likeness (QED) is 0.218. The molecule has 1 unspecified atom stereocenters. The lowest BCUT2D eigenvalue weighted by Crippen LogP contribution is -2.55. The first-order valence-electron chi connectivity index (χ1n) is 16.1. The van der Waals surface area contributed by atoms with Crippen LogP contribution in [0.25, 0.3) is 0 Å². The van der Waals surface area contributed by atoms with E-state index in [1.165, 1.54) is 25.3 Å². The molecule has 3 fully saturated rings. The number of ether oxygens (including phenoxy) is 5. The Morgan fingerprint density at radius 3 is 2.58 bits per heavy atom. The van der Waals surface area contributed by atoms with E-state index in [1.807, 2.05) is 4.90 Å². The molecule has 0 aromatic heterocycles. The third-order valence-electron chi connectivity index (χ3n) is 10.0. The minimum Gasteiger partial charge on any atom is -0.507 e. The van der Waals surface area contributed by atoms with E-state index in [0.29, 0.717) is 19.4 Å². The Morgan fingerprint density at radius 2 is 1.88 bits per heavy atom. The fourth-order valence-corrected chi connectivity index (χ4v) is 7.89. The van der Waals surface area contributed by atoms with Gasteiger partial charge >= 0.3 is 0 Å². The lowest BCUT2D eigenvalue weighted by atomic mass is 9.72. The number of aliphatic hydroxyl groups is 1. The van der Waals surface area contributed by atoms with Gasteiger partial charge in [0.05, 0.1) is 42.6 Å². The average Bonchev–Trinajstić information content (AvgIpc) is 3.43. The van der Waals surface area contributed by atoms with E-state index in [1.54, 1.807) is 20.8 Å². The van der Waals surface area contributed by atoms with Gasteiger partial charge in [0.2, 0.25) is 5.78 Å². The van der Waals surface area contributed by atoms with Gasteiger partial charge in [0.15, 0.2) is 24.5 Å². The van der Waals surface area contributed by atoms with Crippen LogP contribution in [0.1, 0.15) is 82.7 Å². The summed E-state index contributed by atoms with van der Waals surface area (Å²) in [6.07, 6.45) is -4.33. The van der Waals surface area contributed by atoms with Crippen molar-refractivity contribution < 1.29 is 58.2 Å². The predicted molar refractivity (Wildman–Crippen MR) is 164 cm³/mol. The van der Waals surface area contributed by atoms with Gasteiger partial charge in [-0.25, -0.2) is 0 Å². The third kappa shape index (κ3) is 4.92. The molecule has 3 saturated heterocycles. The van der Waals surface area contributed by atoms with E-state index in [2.05, 4.69) is 5.32 Å². The lowest BCUT2D eigenvalue weighted by molar-refractivity contribution is -0.247. The van der Waals surface area contributed by atoms with E-state index < -0.39 is 89.1 Å². The van der Waals surface area contributed by atoms with Crippen molar-refractivity contribution in [2.24, 2.45) is 0 Å². The van der Waals surface area contributed by atoms with Gasteiger partial charge in [0, 0.05) is 54.6 Å². The second kappa shape index (κ2) is 11.9. The number of amides is 1. The van der Waals surface area contributed by atoms with Gasteiger partial charge in [-0.3, -0.25) is 19.3 Å². The maximum absolute atomic E-state index is 14.0. The summed E-state index contributed by atoms with van der Waals surface area (Å²) in [5.74, 6) is -3.30. The maximum atomic E-state index is 14.0. The fourth-order valence-electron chi connectivity index (χ4n) is 7.89. The molecule has 256 valence electrons. The van der Waals surface area contributed by atoms with E-state index in [-0.39, 0.29) is 52.9 Å². The fraction of sp³-hybridized carbons (Fsp3) is 0.529. The van der Waals surface area contributed by atoms with Crippen molar-refractivity contribution in [2.75, 3.05) is 20.3 Å². The number of rotatable bonds is 6. The number of carbonyl (C=O) groups excluding carboxylic acids is 4. The molecule has 2 aromatic carbocycles. The molecule has 2 aliphatic carbocycles. The number of morpholine rings is 1. The molecule has 3 heterocycles. The molecule has 4 N–H and O–H groups in total. The van der Waals surface area contributed by atoms with Crippen LogP contribution in [0.5, 0.6) is 17.2 Å². The van der Waals surface area contributed by atoms with Crippen LogP contribution in [-0.2, 0) is 35.0 Å². The number of ketones is 2. The molecule has 48 heavy (non-hydrogen) atoms. The zero-order chi connectivity index (χ0) is 34.2. The SMILES string of the molecule is COc1cccc2c1C(=O)c1c(O)c3c(c(O)c1C2=O)C[C@@](O)(C(=O)NC(C)C)C[C@@H]3O[C@H]1CC2[C@H](O[C@@H]3[C@@H](C=O)OCCN23)[C@H](C)O1. The first-order chi connectivity index (χ1) is 22.9. The number of nitrogens with one attached hydrogen (secondary N) is 1. The van der Waals surface area contributed by atoms with Gasteiger partial charge < -0.3 is 49.1 Å². The first-order valence-corrected chi connectivity index (χ1v) is 16.1. The Hall–Kier alpha value is -3.92. The molecule has 0 spiro atoms. The number of hydrogen-bond acceptors (Lipinski definition) is 13. The Morgan fingerprint density at radius 1 is 1.12 bits per heavy atom. The molecule has 7 rings (SSSR count). The summed E-state index contributed by atoms with van der Waals surface area (Å²) in [7, 11) is 1.35. The highest BCUT2D eigenvalue weighted by atomic mass is 16.7. The molecule has 14 nitrogen and oxygen atoms in total. The smallest absolute Gasteiger partial charge is 0.252 e. The minimum atomic E-state index is -2.13. The van der Waals surface area contributed by atoms with Gasteiger partial charge in [-0.2, -0.15) is 0 Å². The Balaban J connectivity index is 1.30. The summed E-state index contributed by atoms with van der Waals surface area (Å²) < 4.78 is 29.8. The maximum Gasteiger partial charge on any atom is 0.252 e. The minimum absolute atomic E-state index is 0.0194. The molecule has 0 bridgehead atoms. The van der Waals surface area contributed by atoms with Crippen molar-refractivity contribution in [3.05, 3.63) is 51.6 Å². The molecule has 0 radical (unpaired) electrons. The number of fused-ring (bicyclic) bond motifs is 6. The van der Waals surface area contributed by atoms with Crippen LogP contribution in [-0.4, -0.2) is 113 Å². The molecule has 2 aromatic rings.